The van der Waals surface area contributed by atoms with E-state index in [9.17, 15) is 0 Å². The lowest BCUT2D eigenvalue weighted by Crippen LogP contribution is -2.72. The first-order valence-corrected chi connectivity index (χ1v) is 26.2. The van der Waals surface area contributed by atoms with E-state index in [0.29, 0.717) is 0 Å². The molecule has 1 aliphatic heterocycles. The van der Waals surface area contributed by atoms with Gasteiger partial charge in [0.05, 0.1) is 5.69 Å². The summed E-state index contributed by atoms with van der Waals surface area (Å²) in [4.78, 5) is 2.51. The Bertz CT molecular complexity index is 3790. The molecule has 0 radical (unpaired) electrons. The maximum Gasteiger partial charge on any atom is 0.180 e. The molecule has 12 aromatic carbocycles. The van der Waals surface area contributed by atoms with Crippen molar-refractivity contribution in [2.24, 2.45) is 0 Å². The molecule has 0 N–H and O–H groups in total. The van der Waals surface area contributed by atoms with Gasteiger partial charge in [0, 0.05) is 16.9 Å². The molecule has 2 heteroatoms. The average Bonchev–Trinajstić information content (AvgIpc) is 3.76. The van der Waals surface area contributed by atoms with Gasteiger partial charge in [0.1, 0.15) is 0 Å². The summed E-state index contributed by atoms with van der Waals surface area (Å²) in [7, 11) is -2.84. The Kier molecular flexibility index (Phi) is 10.3. The summed E-state index contributed by atoms with van der Waals surface area (Å²) in [5.74, 6) is 0. The van der Waals surface area contributed by atoms with E-state index < -0.39 is 8.07 Å². The molecule has 70 heavy (non-hydrogen) atoms. The average molecular weight is 906 g/mol. The van der Waals surface area contributed by atoms with Crippen molar-refractivity contribution in [2.45, 2.75) is 0 Å². The normalized spacial score (nSPS) is 12.4. The molecule has 0 aromatic heterocycles. The number of anilines is 3. The highest BCUT2D eigenvalue weighted by molar-refractivity contribution is 7.22. The Morgan fingerprint density at radius 3 is 1.24 bits per heavy atom. The summed E-state index contributed by atoms with van der Waals surface area (Å²) in [5, 5.41) is 10.6. The van der Waals surface area contributed by atoms with Crippen molar-refractivity contribution in [1.82, 2.24) is 0 Å². The van der Waals surface area contributed by atoms with Crippen LogP contribution in [0.5, 0.6) is 0 Å². The van der Waals surface area contributed by atoms with E-state index in [2.05, 4.69) is 290 Å². The molecule has 1 aliphatic rings. The Morgan fingerprint density at radius 1 is 0.257 bits per heavy atom. The predicted molar refractivity (Wildman–Crippen MR) is 300 cm³/mol. The predicted octanol–water partition coefficient (Wildman–Crippen LogP) is 15.5. The van der Waals surface area contributed by atoms with Crippen LogP contribution in [0.25, 0.3) is 77.2 Å². The van der Waals surface area contributed by atoms with E-state index in [1.165, 1.54) is 104 Å². The van der Waals surface area contributed by atoms with Crippen LogP contribution in [-0.4, -0.2) is 8.07 Å². The van der Waals surface area contributed by atoms with Crippen LogP contribution in [0.3, 0.4) is 0 Å². The second kappa shape index (κ2) is 17.4. The minimum atomic E-state index is -2.84. The quantitative estimate of drug-likeness (QED) is 0.130. The second-order valence-corrected chi connectivity index (χ2v) is 22.1. The van der Waals surface area contributed by atoms with Crippen LogP contribution in [0, 0.1) is 0 Å². The second-order valence-electron chi connectivity index (χ2n) is 18.3. The lowest BCUT2D eigenvalue weighted by Gasteiger charge is -2.32. The van der Waals surface area contributed by atoms with Gasteiger partial charge in [0.2, 0.25) is 0 Å². The van der Waals surface area contributed by atoms with E-state index in [4.69, 9.17) is 0 Å². The van der Waals surface area contributed by atoms with Crippen LogP contribution >= 0.6 is 0 Å². The fraction of sp³-hybridized carbons (Fsp3) is 0. The number of benzene rings is 12. The zero-order chi connectivity index (χ0) is 46.4. The molecular formula is C68H47NSi. The largest absolute Gasteiger partial charge is 0.310 e. The Morgan fingerprint density at radius 2 is 0.671 bits per heavy atom. The van der Waals surface area contributed by atoms with E-state index in [-0.39, 0.29) is 0 Å². The van der Waals surface area contributed by atoms with Gasteiger partial charge in [-0.05, 0) is 123 Å². The van der Waals surface area contributed by atoms with E-state index in [1.54, 1.807) is 0 Å². The molecule has 0 bridgehead atoms. The lowest BCUT2D eigenvalue weighted by molar-refractivity contribution is 1.29. The van der Waals surface area contributed by atoms with E-state index >= 15 is 0 Å². The summed E-state index contributed by atoms with van der Waals surface area (Å²) in [6, 6.07) is 106. The van der Waals surface area contributed by atoms with E-state index in [0.717, 1.165) is 11.4 Å². The first-order chi connectivity index (χ1) is 34.7. The van der Waals surface area contributed by atoms with Crippen LogP contribution in [0.1, 0.15) is 0 Å². The van der Waals surface area contributed by atoms with E-state index in [1.807, 2.05) is 0 Å². The maximum atomic E-state index is 2.51. The van der Waals surface area contributed by atoms with Crippen molar-refractivity contribution in [3.63, 3.8) is 0 Å². The van der Waals surface area contributed by atoms with Crippen molar-refractivity contribution in [2.75, 3.05) is 4.90 Å². The molecule has 12 aromatic rings. The van der Waals surface area contributed by atoms with Gasteiger partial charge in [0.15, 0.2) is 8.07 Å². The van der Waals surface area contributed by atoms with Gasteiger partial charge >= 0.3 is 0 Å². The number of hydrogen-bond acceptors (Lipinski definition) is 1. The van der Waals surface area contributed by atoms with Crippen LogP contribution in [-0.2, 0) is 0 Å². The molecule has 0 unspecified atom stereocenters. The minimum absolute atomic E-state index is 1.10. The fourth-order valence-electron chi connectivity index (χ4n) is 11.4. The van der Waals surface area contributed by atoms with Crippen molar-refractivity contribution in [3.8, 4) is 55.6 Å². The van der Waals surface area contributed by atoms with Crippen LogP contribution in [0.4, 0.5) is 17.1 Å². The summed E-state index contributed by atoms with van der Waals surface area (Å²) in [6.45, 7) is 0. The van der Waals surface area contributed by atoms with Crippen molar-refractivity contribution in [3.05, 3.63) is 285 Å². The summed E-state index contributed by atoms with van der Waals surface area (Å²) < 4.78 is 0. The summed E-state index contributed by atoms with van der Waals surface area (Å²) >= 11 is 0. The number of nitrogens with zero attached hydrogens (tertiary/aromatic N) is 1. The first kappa shape index (κ1) is 41.4. The topological polar surface area (TPSA) is 3.24 Å². The van der Waals surface area contributed by atoms with Gasteiger partial charge in [-0.15, -0.1) is 0 Å². The Balaban J connectivity index is 1.02. The highest BCUT2D eigenvalue weighted by atomic mass is 28.3. The highest BCUT2D eigenvalue weighted by Gasteiger charge is 2.50. The third-order valence-electron chi connectivity index (χ3n) is 14.6. The molecule has 1 nitrogen and oxygen atoms in total. The van der Waals surface area contributed by atoms with Gasteiger partial charge in [-0.2, -0.15) is 0 Å². The van der Waals surface area contributed by atoms with Gasteiger partial charge in [-0.25, -0.2) is 0 Å². The van der Waals surface area contributed by atoms with Gasteiger partial charge in [-0.1, -0.05) is 255 Å². The molecule has 0 spiro atoms. The van der Waals surface area contributed by atoms with Crippen molar-refractivity contribution >= 4 is 67.4 Å². The molecule has 328 valence electrons. The smallest absolute Gasteiger partial charge is 0.180 e. The fourth-order valence-corrected chi connectivity index (χ4v) is 16.6. The van der Waals surface area contributed by atoms with Gasteiger partial charge in [0.25, 0.3) is 0 Å². The molecule has 13 rings (SSSR count). The van der Waals surface area contributed by atoms with Gasteiger partial charge in [-0.3, -0.25) is 0 Å². The summed E-state index contributed by atoms with van der Waals surface area (Å²) in [5.41, 5.74) is 15.7. The highest BCUT2D eigenvalue weighted by Crippen LogP contribution is 2.46. The number of hydrogen-bond donors (Lipinski definition) is 0. The molecule has 0 fully saturated rings. The maximum absolute atomic E-state index is 2.84. The Hall–Kier alpha value is -8.82. The zero-order valence-corrected chi connectivity index (χ0v) is 39.6. The Labute approximate surface area is 410 Å². The molecule has 1 heterocycles. The van der Waals surface area contributed by atoms with Crippen molar-refractivity contribution in [1.29, 1.82) is 0 Å². The van der Waals surface area contributed by atoms with Gasteiger partial charge < -0.3 is 4.90 Å². The number of fused-ring (bicyclic) bond motifs is 6. The summed E-state index contributed by atoms with van der Waals surface area (Å²) in [6.07, 6.45) is 0. The molecule has 0 atom stereocenters. The SMILES string of the molecule is c1ccc(-c2ccc(-c3ccc(N(c4ccc(-c5cccc6cccc(-c7ccccc7)c56)cc4)c4cccc5c4-c4c(ccc6ccccc46)[Si]5(c4ccccc4)c4ccccc4)cc3)cc2)cc1. The third kappa shape index (κ3) is 6.84. The zero-order valence-electron chi connectivity index (χ0n) is 38.6. The van der Waals surface area contributed by atoms with Crippen LogP contribution in [0.15, 0.2) is 285 Å². The minimum Gasteiger partial charge on any atom is -0.310 e. The monoisotopic (exact) mass is 905 g/mol. The number of rotatable bonds is 9. The third-order valence-corrected chi connectivity index (χ3v) is 19.4. The van der Waals surface area contributed by atoms with Crippen LogP contribution in [0.2, 0.25) is 0 Å². The molecule has 0 saturated heterocycles. The van der Waals surface area contributed by atoms with Crippen molar-refractivity contribution < 1.29 is 0 Å². The molecule has 0 amide bonds. The molecule has 0 aliphatic carbocycles. The molecule has 0 saturated carbocycles. The van der Waals surface area contributed by atoms with Crippen LogP contribution < -0.4 is 25.6 Å². The lowest BCUT2D eigenvalue weighted by atomic mass is 9.91. The first-order valence-electron chi connectivity index (χ1n) is 24.2. The standard InChI is InChI=1S/C68H47NSi/c1-5-18-48(19-6-1)49-34-36-50(37-35-49)51-38-43-56(44-39-51)69(57-45-40-54(41-46-57)61-31-16-24-55-23-15-30-60(66(55)61)52-20-7-2-8-21-52)63-32-17-33-64-68(63)67-62-29-14-13-22-53(62)42-47-65(67)70(64,58-25-9-3-10-26-58)59-27-11-4-12-28-59/h1-47H. The molecular weight excluding hydrogens is 859 g/mol.